The van der Waals surface area contributed by atoms with Gasteiger partial charge in [0, 0.05) is 5.56 Å². The van der Waals surface area contributed by atoms with E-state index in [9.17, 15) is 35.2 Å². The van der Waals surface area contributed by atoms with Crippen LogP contribution in [0, 0.1) is 11.6 Å². The van der Waals surface area contributed by atoms with E-state index in [2.05, 4.69) is 4.72 Å². The Morgan fingerprint density at radius 2 is 1.31 bits per heavy atom. The van der Waals surface area contributed by atoms with Gasteiger partial charge in [-0.3, -0.25) is 4.79 Å². The largest absolute Gasteiger partial charge is 0.416 e. The number of hydrogen-bond donors (Lipinski definition) is 1. The zero-order chi connectivity index (χ0) is 23.5. The van der Waals surface area contributed by atoms with Gasteiger partial charge in [-0.25, -0.2) is 17.2 Å². The van der Waals surface area contributed by atoms with Gasteiger partial charge in [0.1, 0.15) is 11.6 Å². The summed E-state index contributed by atoms with van der Waals surface area (Å²) >= 11 is 0. The molecule has 0 radical (unpaired) electrons. The normalized spacial score (nSPS) is 13.0. The fourth-order valence-corrected chi connectivity index (χ4v) is 4.13. The van der Waals surface area contributed by atoms with Gasteiger partial charge in [0.25, 0.3) is 0 Å². The van der Waals surface area contributed by atoms with Gasteiger partial charge in [-0.05, 0) is 72.6 Å². The summed E-state index contributed by atoms with van der Waals surface area (Å²) in [6, 6.07) is 10.8. The average Bonchev–Trinajstić information content (AvgIpc) is 2.73. The van der Waals surface area contributed by atoms with Crippen LogP contribution >= 0.6 is 0 Å². The standard InChI is InChI=1S/C22H16F5NO3S/c23-17-7-3-15(4-8-17)21(29)20(13-14-1-5-16(6-2-14)22(25,26)27)28-32(30,31)19-11-9-18(24)10-12-19/h1-12,20,28H,13H2. The van der Waals surface area contributed by atoms with E-state index in [-0.39, 0.29) is 22.4 Å². The molecule has 0 fully saturated rings. The first-order valence-electron chi connectivity index (χ1n) is 9.19. The van der Waals surface area contributed by atoms with Crippen LogP contribution in [0.3, 0.4) is 0 Å². The van der Waals surface area contributed by atoms with Gasteiger partial charge in [0.15, 0.2) is 5.78 Å². The maximum atomic E-state index is 13.2. The molecule has 0 aliphatic heterocycles. The summed E-state index contributed by atoms with van der Waals surface area (Å²) in [6.07, 6.45) is -4.82. The lowest BCUT2D eigenvalue weighted by Gasteiger charge is -2.19. The Balaban J connectivity index is 1.92. The number of carbonyl (C=O) groups is 1. The SMILES string of the molecule is O=C(c1ccc(F)cc1)C(Cc1ccc(C(F)(F)F)cc1)NS(=O)(=O)c1ccc(F)cc1. The Labute approximate surface area is 180 Å². The predicted octanol–water partition coefficient (Wildman–Crippen LogP) is 4.76. The minimum absolute atomic E-state index is 0.00474. The molecule has 0 heterocycles. The van der Waals surface area contributed by atoms with Crippen LogP contribution in [0.25, 0.3) is 0 Å². The molecular weight excluding hydrogens is 453 g/mol. The maximum absolute atomic E-state index is 13.2. The summed E-state index contributed by atoms with van der Waals surface area (Å²) in [5.41, 5.74) is -0.625. The second-order valence-electron chi connectivity index (χ2n) is 6.90. The molecule has 0 bridgehead atoms. The van der Waals surface area contributed by atoms with Gasteiger partial charge in [-0.1, -0.05) is 12.1 Å². The van der Waals surface area contributed by atoms with E-state index in [1.54, 1.807) is 0 Å². The van der Waals surface area contributed by atoms with E-state index in [4.69, 9.17) is 0 Å². The van der Waals surface area contributed by atoms with Crippen LogP contribution in [0.4, 0.5) is 22.0 Å². The number of Topliss-reactive ketones (excluding diaryl/α,β-unsaturated/α-hetero) is 1. The van der Waals surface area contributed by atoms with Gasteiger partial charge >= 0.3 is 6.18 Å². The number of benzene rings is 3. The van der Waals surface area contributed by atoms with Gasteiger partial charge in [-0.15, -0.1) is 0 Å². The molecule has 0 aliphatic carbocycles. The van der Waals surface area contributed by atoms with E-state index >= 15 is 0 Å². The van der Waals surface area contributed by atoms with Gasteiger partial charge < -0.3 is 0 Å². The van der Waals surface area contributed by atoms with E-state index in [0.29, 0.717) is 0 Å². The second kappa shape index (κ2) is 9.17. The van der Waals surface area contributed by atoms with Crippen LogP contribution < -0.4 is 4.72 Å². The van der Waals surface area contributed by atoms with Gasteiger partial charge in [0.2, 0.25) is 10.0 Å². The summed E-state index contributed by atoms with van der Waals surface area (Å²) in [5.74, 6) is -1.98. The van der Waals surface area contributed by atoms with E-state index in [1.165, 1.54) is 12.1 Å². The van der Waals surface area contributed by atoms with Gasteiger partial charge in [0.05, 0.1) is 16.5 Å². The fourth-order valence-electron chi connectivity index (χ4n) is 2.94. The molecule has 0 aliphatic rings. The molecule has 3 rings (SSSR count). The first-order chi connectivity index (χ1) is 15.0. The molecular formula is C22H16F5NO3S. The van der Waals surface area contributed by atoms with Crippen LogP contribution in [0.15, 0.2) is 77.7 Å². The summed E-state index contributed by atoms with van der Waals surface area (Å²) in [5, 5.41) is 0. The smallest absolute Gasteiger partial charge is 0.292 e. The minimum Gasteiger partial charge on any atom is -0.292 e. The molecule has 0 spiro atoms. The Kier molecular flexibility index (Phi) is 6.75. The van der Waals surface area contributed by atoms with Crippen LogP contribution in [-0.2, 0) is 22.6 Å². The highest BCUT2D eigenvalue weighted by Gasteiger charge is 2.31. The van der Waals surface area contributed by atoms with Crippen LogP contribution in [0.2, 0.25) is 0 Å². The van der Waals surface area contributed by atoms with Crippen molar-refractivity contribution < 1.29 is 35.2 Å². The molecule has 4 nitrogen and oxygen atoms in total. The number of sulfonamides is 1. The zero-order valence-electron chi connectivity index (χ0n) is 16.2. The zero-order valence-corrected chi connectivity index (χ0v) is 17.1. The number of ketones is 1. The lowest BCUT2D eigenvalue weighted by Crippen LogP contribution is -2.42. The van der Waals surface area contributed by atoms with Crippen molar-refractivity contribution in [2.24, 2.45) is 0 Å². The van der Waals surface area contributed by atoms with E-state index in [0.717, 1.165) is 60.7 Å². The quantitative estimate of drug-likeness (QED) is 0.401. The molecule has 3 aromatic rings. The topological polar surface area (TPSA) is 63.2 Å². The Morgan fingerprint density at radius 1 is 0.812 bits per heavy atom. The molecule has 0 saturated carbocycles. The van der Waals surface area contributed by atoms with Crippen molar-refractivity contribution in [3.05, 3.63) is 101 Å². The summed E-state index contributed by atoms with van der Waals surface area (Å²) in [7, 11) is -4.28. The lowest BCUT2D eigenvalue weighted by molar-refractivity contribution is -0.137. The second-order valence-corrected chi connectivity index (χ2v) is 8.61. The van der Waals surface area contributed by atoms with Crippen molar-refractivity contribution in [3.8, 4) is 0 Å². The van der Waals surface area contributed by atoms with Crippen molar-refractivity contribution in [2.75, 3.05) is 0 Å². The third-order valence-electron chi connectivity index (χ3n) is 4.59. The first kappa shape index (κ1) is 23.6. The van der Waals surface area contributed by atoms with Crippen LogP contribution in [0.1, 0.15) is 21.5 Å². The molecule has 1 N–H and O–H groups in total. The van der Waals surface area contributed by atoms with E-state index < -0.39 is 45.2 Å². The van der Waals surface area contributed by atoms with Crippen molar-refractivity contribution in [2.45, 2.75) is 23.5 Å². The van der Waals surface area contributed by atoms with Crippen LogP contribution in [0.5, 0.6) is 0 Å². The fraction of sp³-hybridized carbons (Fsp3) is 0.136. The Bertz CT molecular complexity index is 1190. The van der Waals surface area contributed by atoms with Crippen molar-refractivity contribution in [1.82, 2.24) is 4.72 Å². The molecule has 1 atom stereocenters. The summed E-state index contributed by atoms with van der Waals surface area (Å²) in [6.45, 7) is 0. The molecule has 10 heteroatoms. The number of nitrogens with one attached hydrogen (secondary N) is 1. The summed E-state index contributed by atoms with van der Waals surface area (Å²) in [4.78, 5) is 12.7. The highest BCUT2D eigenvalue weighted by atomic mass is 32.2. The molecule has 168 valence electrons. The first-order valence-corrected chi connectivity index (χ1v) is 10.7. The van der Waals surface area contributed by atoms with Gasteiger partial charge in [-0.2, -0.15) is 17.9 Å². The van der Waals surface area contributed by atoms with Crippen molar-refractivity contribution >= 4 is 15.8 Å². The molecule has 1 unspecified atom stereocenters. The maximum Gasteiger partial charge on any atom is 0.416 e. The molecule has 0 aromatic heterocycles. The summed E-state index contributed by atoms with van der Waals surface area (Å²) < 4.78 is 92.4. The third-order valence-corrected chi connectivity index (χ3v) is 6.08. The monoisotopic (exact) mass is 469 g/mol. The highest BCUT2D eigenvalue weighted by Crippen LogP contribution is 2.29. The van der Waals surface area contributed by atoms with Crippen molar-refractivity contribution in [3.63, 3.8) is 0 Å². The molecule has 0 amide bonds. The third kappa shape index (κ3) is 5.77. The number of halogens is 5. The molecule has 0 saturated heterocycles. The molecule has 3 aromatic carbocycles. The Morgan fingerprint density at radius 3 is 1.81 bits per heavy atom. The van der Waals surface area contributed by atoms with E-state index in [1.807, 2.05) is 0 Å². The number of rotatable bonds is 7. The number of carbonyl (C=O) groups excluding carboxylic acids is 1. The predicted molar refractivity (Wildman–Crippen MR) is 106 cm³/mol. The number of hydrogen-bond acceptors (Lipinski definition) is 3. The Hall–Kier alpha value is -3.11. The average molecular weight is 469 g/mol. The van der Waals surface area contributed by atoms with Crippen molar-refractivity contribution in [1.29, 1.82) is 0 Å². The minimum atomic E-state index is -4.55. The lowest BCUT2D eigenvalue weighted by atomic mass is 9.97. The molecule has 32 heavy (non-hydrogen) atoms. The number of alkyl halides is 3. The van der Waals surface area contributed by atoms with Crippen LogP contribution in [-0.4, -0.2) is 20.2 Å². The highest BCUT2D eigenvalue weighted by molar-refractivity contribution is 7.89.